The van der Waals surface area contributed by atoms with Crippen molar-refractivity contribution < 1.29 is 4.74 Å². The van der Waals surface area contributed by atoms with Gasteiger partial charge in [0.15, 0.2) is 0 Å². The molecule has 0 radical (unpaired) electrons. The summed E-state index contributed by atoms with van der Waals surface area (Å²) in [5.41, 5.74) is 0. The third-order valence-corrected chi connectivity index (χ3v) is 11.1. The first-order valence-electron chi connectivity index (χ1n) is 6.28. The standard InChI is InChI=1S/C11H23NOS7/c1-14-8-18-11-20-19-10-17-7-13-4-2-3-12-5-15-9-16-6-12/h2-11H2,1H3. The largest absolute Gasteiger partial charge is 0.371 e. The van der Waals surface area contributed by atoms with Crippen LogP contribution in [0.5, 0.6) is 0 Å². The first-order valence-corrected chi connectivity index (χ1v) is 14.8. The Hall–Kier alpha value is 2.37. The van der Waals surface area contributed by atoms with Gasteiger partial charge in [-0.05, 0) is 12.7 Å². The summed E-state index contributed by atoms with van der Waals surface area (Å²) in [4.78, 5) is 2.51. The minimum absolute atomic E-state index is 0.842. The van der Waals surface area contributed by atoms with Gasteiger partial charge >= 0.3 is 0 Å². The molecule has 1 heterocycles. The van der Waals surface area contributed by atoms with Crippen LogP contribution in [-0.2, 0) is 4.74 Å². The van der Waals surface area contributed by atoms with Gasteiger partial charge in [-0.3, -0.25) is 4.90 Å². The smallest absolute Gasteiger partial charge is 0.0929 e. The molecule has 1 fully saturated rings. The van der Waals surface area contributed by atoms with Gasteiger partial charge in [0.2, 0.25) is 0 Å². The van der Waals surface area contributed by atoms with Crippen molar-refractivity contribution >= 4 is 80.4 Å². The van der Waals surface area contributed by atoms with Crippen molar-refractivity contribution in [1.29, 1.82) is 0 Å². The molecule has 120 valence electrons. The van der Waals surface area contributed by atoms with Gasteiger partial charge in [-0.15, -0.1) is 47.0 Å². The molecule has 0 bridgehead atoms. The normalized spacial score (nSPS) is 16.6. The lowest BCUT2D eigenvalue weighted by molar-refractivity contribution is 0.168. The van der Waals surface area contributed by atoms with Crippen molar-refractivity contribution in [3.8, 4) is 0 Å². The monoisotopic (exact) mass is 409 g/mol. The molecule has 1 aliphatic heterocycles. The van der Waals surface area contributed by atoms with E-state index in [1.165, 1.54) is 33.6 Å². The minimum atomic E-state index is 0.842. The van der Waals surface area contributed by atoms with Crippen molar-refractivity contribution in [1.82, 2.24) is 4.90 Å². The number of hydrogen-bond acceptors (Lipinski definition) is 9. The second-order valence-corrected chi connectivity index (χ2v) is 12.5. The van der Waals surface area contributed by atoms with Crippen LogP contribution >= 0.6 is 80.4 Å². The van der Waals surface area contributed by atoms with Crippen molar-refractivity contribution in [2.45, 2.75) is 6.42 Å². The lowest BCUT2D eigenvalue weighted by atomic mass is 10.4. The summed E-state index contributed by atoms with van der Waals surface area (Å²) in [5.74, 6) is 3.24. The van der Waals surface area contributed by atoms with Crippen molar-refractivity contribution in [2.24, 2.45) is 0 Å². The second kappa shape index (κ2) is 16.2. The lowest BCUT2D eigenvalue weighted by Crippen LogP contribution is -2.27. The maximum absolute atomic E-state index is 5.66. The van der Waals surface area contributed by atoms with E-state index in [-0.39, 0.29) is 0 Å². The molecular weight excluding hydrogens is 387 g/mol. The van der Waals surface area contributed by atoms with Gasteiger partial charge in [0.05, 0.1) is 16.1 Å². The van der Waals surface area contributed by atoms with Crippen LogP contribution in [0.15, 0.2) is 0 Å². The predicted octanol–water partition coefficient (Wildman–Crippen LogP) is 5.09. The minimum Gasteiger partial charge on any atom is -0.371 e. The molecule has 9 heteroatoms. The number of thioether (sulfide) groups is 5. The highest BCUT2D eigenvalue weighted by Gasteiger charge is 2.09. The molecule has 2 nitrogen and oxygen atoms in total. The maximum atomic E-state index is 5.66. The Morgan fingerprint density at radius 1 is 1.05 bits per heavy atom. The molecule has 0 unspecified atom stereocenters. The molecule has 0 aliphatic carbocycles. The Balaban J connectivity index is 1.70. The Morgan fingerprint density at radius 3 is 2.55 bits per heavy atom. The topological polar surface area (TPSA) is 12.5 Å². The summed E-state index contributed by atoms with van der Waals surface area (Å²) in [6, 6.07) is 0. The fourth-order valence-electron chi connectivity index (χ4n) is 1.35. The van der Waals surface area contributed by atoms with Crippen LogP contribution in [0.25, 0.3) is 0 Å². The van der Waals surface area contributed by atoms with E-state index in [0.29, 0.717) is 0 Å². The van der Waals surface area contributed by atoms with Gasteiger partial charge in [0.25, 0.3) is 0 Å². The molecule has 0 aromatic carbocycles. The summed E-state index contributed by atoms with van der Waals surface area (Å²) in [6.45, 7) is 2.09. The number of nitrogens with zero attached hydrogens (tertiary/aromatic N) is 1. The molecule has 0 aromatic rings. The molecule has 1 rings (SSSR count). The Labute approximate surface area is 153 Å². The fourth-order valence-corrected chi connectivity index (χ4v) is 9.09. The third-order valence-electron chi connectivity index (χ3n) is 2.19. The number of rotatable bonds is 13. The van der Waals surface area contributed by atoms with Crippen LogP contribution in [0.4, 0.5) is 0 Å². The van der Waals surface area contributed by atoms with Gasteiger partial charge < -0.3 is 4.74 Å². The molecule has 0 amide bonds. The van der Waals surface area contributed by atoms with E-state index in [1.54, 1.807) is 0 Å². The Morgan fingerprint density at radius 2 is 1.80 bits per heavy atom. The third kappa shape index (κ3) is 12.9. The van der Waals surface area contributed by atoms with E-state index in [2.05, 4.69) is 11.2 Å². The zero-order chi connectivity index (χ0) is 14.3. The molecule has 1 aliphatic rings. The highest BCUT2D eigenvalue weighted by atomic mass is 33.1. The van der Waals surface area contributed by atoms with E-state index < -0.39 is 0 Å². The molecule has 0 saturated carbocycles. The van der Waals surface area contributed by atoms with Crippen LogP contribution in [-0.4, -0.2) is 62.3 Å². The Bertz CT molecular complexity index is 207. The van der Waals surface area contributed by atoms with Crippen LogP contribution in [0, 0.1) is 0 Å². The van der Waals surface area contributed by atoms with Crippen molar-refractivity contribution in [3.05, 3.63) is 0 Å². The first kappa shape index (κ1) is 20.4. The lowest BCUT2D eigenvalue weighted by Gasteiger charge is -2.25. The average molecular weight is 410 g/mol. The van der Waals surface area contributed by atoms with Gasteiger partial charge in [0.1, 0.15) is 0 Å². The van der Waals surface area contributed by atoms with E-state index in [1.807, 2.05) is 80.4 Å². The van der Waals surface area contributed by atoms with E-state index in [4.69, 9.17) is 4.74 Å². The predicted molar refractivity (Wildman–Crippen MR) is 110 cm³/mol. The summed E-state index contributed by atoms with van der Waals surface area (Å²) in [6.07, 6.45) is 3.32. The molecule has 0 aromatic heterocycles. The molecule has 20 heavy (non-hydrogen) atoms. The highest BCUT2D eigenvalue weighted by Crippen LogP contribution is 2.29. The summed E-state index contributed by atoms with van der Waals surface area (Å²) in [5, 5.41) is 4.79. The van der Waals surface area contributed by atoms with Crippen molar-refractivity contribution in [2.75, 3.05) is 57.4 Å². The van der Waals surface area contributed by atoms with Crippen LogP contribution in [0.3, 0.4) is 0 Å². The van der Waals surface area contributed by atoms with Crippen LogP contribution in [0.2, 0.25) is 0 Å². The molecular formula is C11H23NOS7. The van der Waals surface area contributed by atoms with Gasteiger partial charge in [0, 0.05) is 35.1 Å². The summed E-state index contributed by atoms with van der Waals surface area (Å²) >= 11 is 9.83. The summed E-state index contributed by atoms with van der Waals surface area (Å²) in [7, 11) is 3.90. The first-order chi connectivity index (χ1) is 9.93. The van der Waals surface area contributed by atoms with E-state index in [0.717, 1.165) is 24.1 Å². The van der Waals surface area contributed by atoms with Gasteiger partial charge in [-0.25, -0.2) is 0 Å². The van der Waals surface area contributed by atoms with Crippen LogP contribution < -0.4 is 0 Å². The van der Waals surface area contributed by atoms with Crippen molar-refractivity contribution in [3.63, 3.8) is 0 Å². The number of hydrogen-bond donors (Lipinski definition) is 0. The van der Waals surface area contributed by atoms with E-state index in [9.17, 15) is 0 Å². The van der Waals surface area contributed by atoms with Gasteiger partial charge in [-0.2, -0.15) is 11.8 Å². The number of ether oxygens (including phenoxy) is 1. The quantitative estimate of drug-likeness (QED) is 0.232. The average Bonchev–Trinajstić information content (AvgIpc) is 2.49. The summed E-state index contributed by atoms with van der Waals surface area (Å²) < 4.78 is 5.66. The van der Waals surface area contributed by atoms with Crippen LogP contribution in [0.1, 0.15) is 6.42 Å². The highest BCUT2D eigenvalue weighted by molar-refractivity contribution is 8.79. The zero-order valence-electron chi connectivity index (χ0n) is 11.8. The van der Waals surface area contributed by atoms with E-state index >= 15 is 0 Å². The molecule has 1 saturated heterocycles. The Kier molecular flexibility index (Phi) is 16.6. The maximum Gasteiger partial charge on any atom is 0.0929 e. The zero-order valence-corrected chi connectivity index (χ0v) is 17.5. The second-order valence-electron chi connectivity index (χ2n) is 3.84. The fraction of sp³-hybridized carbons (Fsp3) is 1.00. The van der Waals surface area contributed by atoms with Gasteiger partial charge in [-0.1, -0.05) is 21.6 Å². The molecule has 0 N–H and O–H groups in total. The molecule has 0 spiro atoms. The molecule has 0 atom stereocenters. The SMILES string of the molecule is CSCSCSSCSCOCCCN1CSCSC1.